The minimum atomic E-state index is -0.975. The summed E-state index contributed by atoms with van der Waals surface area (Å²) in [6.45, 7) is -0.311. The highest BCUT2D eigenvalue weighted by atomic mass is 16.3. The van der Waals surface area contributed by atoms with E-state index >= 15 is 0 Å². The number of carbonyl (C=O) groups is 5. The van der Waals surface area contributed by atoms with E-state index in [1.165, 1.54) is 12.3 Å². The fraction of sp³-hybridized carbons (Fsp3) is 0.483. The number of aromatic nitrogens is 1. The average Bonchev–Trinajstić information content (AvgIpc) is 3.72. The second-order valence-corrected chi connectivity index (χ2v) is 10.7. The van der Waals surface area contributed by atoms with Gasteiger partial charge in [-0.05, 0) is 50.0 Å². The predicted molar refractivity (Wildman–Crippen MR) is 137 cm³/mol. The molecule has 9 heteroatoms. The molecule has 2 saturated carbocycles. The molecule has 0 radical (unpaired) electrons. The van der Waals surface area contributed by atoms with Gasteiger partial charge in [0.2, 0.25) is 5.91 Å². The lowest BCUT2D eigenvalue weighted by molar-refractivity contribution is -0.133. The van der Waals surface area contributed by atoms with Crippen LogP contribution in [0.25, 0.3) is 0 Å². The number of aliphatic hydroxyl groups excluding tert-OH is 1. The summed E-state index contributed by atoms with van der Waals surface area (Å²) in [5, 5.41) is 12.3. The number of carbonyl (C=O) groups excluding carboxylic acids is 5. The summed E-state index contributed by atoms with van der Waals surface area (Å²) in [7, 11) is 0. The maximum Gasteiger partial charge on any atom is 0.270 e. The Morgan fingerprint density at radius 1 is 1.05 bits per heavy atom. The van der Waals surface area contributed by atoms with Gasteiger partial charge in [0, 0.05) is 36.2 Å². The molecule has 0 bridgehead atoms. The van der Waals surface area contributed by atoms with Gasteiger partial charge in [-0.3, -0.25) is 24.0 Å². The number of amides is 2. The third-order valence-electron chi connectivity index (χ3n) is 8.44. The SMILES string of the molecule is O=C(c1ccccc1)c1c[nH]c(C(=O)N2C[C@@H]3CCC[C@@H]3[C@H]2C(=O)N[C@@H](C[C@@H]2CCCC2=O)C(=O)CO)c1. The molecule has 3 fully saturated rings. The maximum absolute atomic E-state index is 13.6. The lowest BCUT2D eigenvalue weighted by atomic mass is 9.91. The summed E-state index contributed by atoms with van der Waals surface area (Å²) < 4.78 is 0. The molecule has 1 aliphatic heterocycles. The van der Waals surface area contributed by atoms with Gasteiger partial charge in [-0.2, -0.15) is 0 Å². The Labute approximate surface area is 221 Å². The van der Waals surface area contributed by atoms with Crippen molar-refractivity contribution in [2.24, 2.45) is 17.8 Å². The van der Waals surface area contributed by atoms with E-state index in [1.54, 1.807) is 29.2 Å². The first kappa shape index (κ1) is 26.0. The van der Waals surface area contributed by atoms with E-state index in [9.17, 15) is 29.1 Å². The Bertz CT molecular complexity index is 1240. The van der Waals surface area contributed by atoms with Crippen LogP contribution in [0.2, 0.25) is 0 Å². The zero-order chi connectivity index (χ0) is 26.8. The number of Topliss-reactive ketones (excluding diaryl/α,β-unsaturated/α-hetero) is 2. The fourth-order valence-electron chi connectivity index (χ4n) is 6.47. The minimum absolute atomic E-state index is 0.0303. The highest BCUT2D eigenvalue weighted by Gasteiger charge is 2.50. The normalized spacial score (nSPS) is 25.3. The van der Waals surface area contributed by atoms with Gasteiger partial charge in [0.1, 0.15) is 24.1 Å². The van der Waals surface area contributed by atoms with Gasteiger partial charge in [0.05, 0.1) is 6.04 Å². The van der Waals surface area contributed by atoms with Crippen LogP contribution in [-0.2, 0) is 14.4 Å². The maximum atomic E-state index is 13.6. The van der Waals surface area contributed by atoms with Gasteiger partial charge in [-0.15, -0.1) is 0 Å². The standard InChI is InChI=1S/C29H33N3O6/c33-16-25(35)22(12-18-8-5-11-24(18)34)31-28(37)26-21-10-4-9-19(21)15-32(26)29(38)23-13-20(14-30-23)27(36)17-6-2-1-3-7-17/h1-3,6-7,13-14,18-19,21-22,26,30,33H,4-5,8-12,15-16H2,(H,31,37)/t18-,19-,21-,22-,26-/m0/s1. The van der Waals surface area contributed by atoms with Gasteiger partial charge >= 0.3 is 0 Å². The third-order valence-corrected chi connectivity index (χ3v) is 8.44. The number of hydrogen-bond acceptors (Lipinski definition) is 6. The van der Waals surface area contributed by atoms with Crippen molar-refractivity contribution >= 4 is 29.2 Å². The monoisotopic (exact) mass is 519 g/mol. The van der Waals surface area contributed by atoms with Crippen LogP contribution < -0.4 is 5.32 Å². The lowest BCUT2D eigenvalue weighted by Gasteiger charge is -2.29. The molecule has 5 atom stereocenters. The van der Waals surface area contributed by atoms with E-state index in [2.05, 4.69) is 10.3 Å². The summed E-state index contributed by atoms with van der Waals surface area (Å²) in [6.07, 6.45) is 6.25. The Morgan fingerprint density at radius 3 is 2.55 bits per heavy atom. The summed E-state index contributed by atoms with van der Waals surface area (Å²) >= 11 is 0. The highest BCUT2D eigenvalue weighted by Crippen LogP contribution is 2.43. The minimum Gasteiger partial charge on any atom is -0.389 e. The second kappa shape index (κ2) is 11.0. The van der Waals surface area contributed by atoms with Crippen molar-refractivity contribution in [2.75, 3.05) is 13.2 Å². The molecule has 3 aliphatic rings. The summed E-state index contributed by atoms with van der Waals surface area (Å²) in [6, 6.07) is 8.57. The first-order valence-electron chi connectivity index (χ1n) is 13.4. The summed E-state index contributed by atoms with van der Waals surface area (Å²) in [5.74, 6) is -1.63. The Morgan fingerprint density at radius 2 is 1.84 bits per heavy atom. The summed E-state index contributed by atoms with van der Waals surface area (Å²) in [4.78, 5) is 69.2. The van der Waals surface area contributed by atoms with Gasteiger partial charge in [0.25, 0.3) is 5.91 Å². The molecule has 9 nitrogen and oxygen atoms in total. The largest absolute Gasteiger partial charge is 0.389 e. The van der Waals surface area contributed by atoms with Crippen molar-refractivity contribution in [3.05, 3.63) is 59.4 Å². The topological polar surface area (TPSA) is 137 Å². The first-order valence-corrected chi connectivity index (χ1v) is 13.4. The first-order chi connectivity index (χ1) is 18.4. The van der Waals surface area contributed by atoms with Gasteiger partial charge in [-0.1, -0.05) is 36.8 Å². The number of rotatable bonds is 9. The quantitative estimate of drug-likeness (QED) is 0.435. The van der Waals surface area contributed by atoms with Crippen molar-refractivity contribution in [3.63, 3.8) is 0 Å². The number of nitrogens with zero attached hydrogens (tertiary/aromatic N) is 1. The number of nitrogens with one attached hydrogen (secondary N) is 2. The van der Waals surface area contributed by atoms with Crippen molar-refractivity contribution in [1.82, 2.24) is 15.2 Å². The molecular formula is C29H33N3O6. The summed E-state index contributed by atoms with van der Waals surface area (Å²) in [5.41, 5.74) is 1.09. The predicted octanol–water partition coefficient (Wildman–Crippen LogP) is 2.29. The van der Waals surface area contributed by atoms with Gasteiger partial charge < -0.3 is 20.3 Å². The number of fused-ring (bicyclic) bond motifs is 1. The van der Waals surface area contributed by atoms with Crippen LogP contribution >= 0.6 is 0 Å². The molecule has 200 valence electrons. The van der Waals surface area contributed by atoms with E-state index in [1.807, 2.05) is 6.07 Å². The van der Waals surface area contributed by atoms with Gasteiger partial charge in [0.15, 0.2) is 11.6 Å². The van der Waals surface area contributed by atoms with E-state index in [-0.39, 0.29) is 47.3 Å². The van der Waals surface area contributed by atoms with Crippen LogP contribution in [0, 0.1) is 17.8 Å². The number of hydrogen-bond donors (Lipinski definition) is 3. The van der Waals surface area contributed by atoms with E-state index < -0.39 is 30.4 Å². The molecule has 1 aromatic carbocycles. The van der Waals surface area contributed by atoms with Crippen molar-refractivity contribution in [2.45, 2.75) is 57.0 Å². The smallest absolute Gasteiger partial charge is 0.270 e. The number of likely N-dealkylation sites (tertiary alicyclic amines) is 1. The van der Waals surface area contributed by atoms with E-state index in [0.717, 1.165) is 25.7 Å². The number of aromatic amines is 1. The molecular weight excluding hydrogens is 486 g/mol. The lowest BCUT2D eigenvalue weighted by Crippen LogP contribution is -2.53. The Balaban J connectivity index is 1.34. The zero-order valence-electron chi connectivity index (χ0n) is 21.2. The van der Waals surface area contributed by atoms with Crippen molar-refractivity contribution in [3.8, 4) is 0 Å². The Hall–Kier alpha value is -3.59. The molecule has 0 unspecified atom stereocenters. The molecule has 2 aromatic rings. The van der Waals surface area contributed by atoms with Crippen LogP contribution in [0.5, 0.6) is 0 Å². The van der Waals surface area contributed by atoms with E-state index in [4.69, 9.17) is 0 Å². The number of ketones is 3. The molecule has 0 spiro atoms. The third kappa shape index (κ3) is 5.07. The number of H-pyrrole nitrogens is 1. The second-order valence-electron chi connectivity index (χ2n) is 10.7. The Kier molecular flexibility index (Phi) is 7.56. The molecule has 2 heterocycles. The van der Waals surface area contributed by atoms with Crippen LogP contribution in [-0.4, -0.2) is 69.4 Å². The molecule has 1 saturated heterocycles. The molecule has 3 N–H and O–H groups in total. The number of aliphatic hydroxyl groups is 1. The van der Waals surface area contributed by atoms with Gasteiger partial charge in [-0.25, -0.2) is 0 Å². The van der Waals surface area contributed by atoms with Crippen LogP contribution in [0.3, 0.4) is 0 Å². The van der Waals surface area contributed by atoms with Crippen LogP contribution in [0.4, 0.5) is 0 Å². The van der Waals surface area contributed by atoms with Crippen LogP contribution in [0.15, 0.2) is 42.6 Å². The highest BCUT2D eigenvalue weighted by molar-refractivity contribution is 6.10. The zero-order valence-corrected chi connectivity index (χ0v) is 21.2. The number of benzene rings is 1. The molecule has 38 heavy (non-hydrogen) atoms. The van der Waals surface area contributed by atoms with Crippen molar-refractivity contribution in [1.29, 1.82) is 0 Å². The van der Waals surface area contributed by atoms with E-state index in [0.29, 0.717) is 30.5 Å². The molecule has 2 aliphatic carbocycles. The molecule has 2 amide bonds. The fourth-order valence-corrected chi connectivity index (χ4v) is 6.47. The van der Waals surface area contributed by atoms with Crippen molar-refractivity contribution < 1.29 is 29.1 Å². The molecule has 5 rings (SSSR count). The molecule has 1 aromatic heterocycles. The van der Waals surface area contributed by atoms with Crippen LogP contribution in [0.1, 0.15) is 71.4 Å². The average molecular weight is 520 g/mol.